The number of anilines is 4. The standard InChI is InChI=1S/C23H28IN7O2S/c24-18-15-27-22(30-20(18)25-9-5-10-26-21(32)19-8-4-13-34-19)28-16-6-3-7-17(14-16)29-23(33)31-11-1-2-12-31/h3-4,6-8,13-15,21,26,32H,1-2,5,9-12H2,(H,29,33)(H2,25,27,28,30). The Morgan fingerprint density at radius 3 is 2.79 bits per heavy atom. The van der Waals surface area contributed by atoms with E-state index in [4.69, 9.17) is 0 Å². The molecule has 0 radical (unpaired) electrons. The lowest BCUT2D eigenvalue weighted by molar-refractivity contribution is 0.143. The Kier molecular flexibility index (Phi) is 8.91. The van der Waals surface area contributed by atoms with Gasteiger partial charge in [0.15, 0.2) is 0 Å². The summed E-state index contributed by atoms with van der Waals surface area (Å²) in [6.07, 6.45) is 4.07. The zero-order chi connectivity index (χ0) is 23.8. The first-order valence-electron chi connectivity index (χ1n) is 11.2. The normalized spacial score (nSPS) is 14.1. The monoisotopic (exact) mass is 593 g/mol. The van der Waals surface area contributed by atoms with Crippen molar-refractivity contribution >= 4 is 63.1 Å². The highest BCUT2D eigenvalue weighted by Gasteiger charge is 2.17. The summed E-state index contributed by atoms with van der Waals surface area (Å²) in [5.41, 5.74) is 1.51. The van der Waals surface area contributed by atoms with Crippen molar-refractivity contribution in [3.8, 4) is 0 Å². The zero-order valence-electron chi connectivity index (χ0n) is 18.6. The molecule has 0 aliphatic carbocycles. The average Bonchev–Trinajstić information content (AvgIpc) is 3.56. The number of benzene rings is 1. The number of aliphatic hydroxyl groups excluding tert-OH is 1. The predicted octanol–water partition coefficient (Wildman–Crippen LogP) is 4.60. The molecule has 180 valence electrons. The number of aliphatic hydroxyl groups is 1. The summed E-state index contributed by atoms with van der Waals surface area (Å²) in [6.45, 7) is 2.99. The maximum atomic E-state index is 12.4. The van der Waals surface area contributed by atoms with Crippen molar-refractivity contribution in [1.82, 2.24) is 20.2 Å². The van der Waals surface area contributed by atoms with Gasteiger partial charge in [-0.05, 0) is 78.0 Å². The second-order valence-corrected chi connectivity index (χ2v) is 10.0. The van der Waals surface area contributed by atoms with Crippen molar-refractivity contribution in [3.05, 3.63) is 56.4 Å². The van der Waals surface area contributed by atoms with E-state index in [-0.39, 0.29) is 6.03 Å². The van der Waals surface area contributed by atoms with Crippen LogP contribution in [0, 0.1) is 3.57 Å². The number of rotatable bonds is 10. The van der Waals surface area contributed by atoms with Crippen molar-refractivity contribution in [2.24, 2.45) is 0 Å². The molecule has 1 atom stereocenters. The Balaban J connectivity index is 1.27. The van der Waals surface area contributed by atoms with Crippen molar-refractivity contribution in [2.75, 3.05) is 42.1 Å². The van der Waals surface area contributed by atoms with E-state index in [0.29, 0.717) is 19.0 Å². The highest BCUT2D eigenvalue weighted by Crippen LogP contribution is 2.22. The SMILES string of the molecule is O=C(Nc1cccc(Nc2ncc(I)c(NCCCNC(O)c3cccs3)n2)c1)N1CCCC1. The minimum atomic E-state index is -0.633. The summed E-state index contributed by atoms with van der Waals surface area (Å²) < 4.78 is 0.918. The van der Waals surface area contributed by atoms with E-state index in [1.54, 1.807) is 6.20 Å². The van der Waals surface area contributed by atoms with Crippen LogP contribution in [0.4, 0.5) is 27.9 Å². The Morgan fingerprint density at radius 2 is 2.00 bits per heavy atom. The number of carbonyl (C=O) groups is 1. The summed E-state index contributed by atoms with van der Waals surface area (Å²) in [5, 5.41) is 24.7. The molecule has 5 N–H and O–H groups in total. The third-order valence-corrected chi connectivity index (χ3v) is 7.02. The largest absolute Gasteiger partial charge is 0.373 e. The molecule has 1 aliphatic rings. The van der Waals surface area contributed by atoms with Gasteiger partial charge in [0.05, 0.1) is 3.57 Å². The summed E-state index contributed by atoms with van der Waals surface area (Å²) >= 11 is 3.73. The fourth-order valence-corrected chi connectivity index (χ4v) is 4.69. The molecule has 2 aromatic heterocycles. The summed E-state index contributed by atoms with van der Waals surface area (Å²) in [7, 11) is 0. The Labute approximate surface area is 216 Å². The smallest absolute Gasteiger partial charge is 0.321 e. The third kappa shape index (κ3) is 7.01. The molecule has 0 spiro atoms. The quantitative estimate of drug-likeness (QED) is 0.133. The van der Waals surface area contributed by atoms with Crippen LogP contribution < -0.4 is 21.3 Å². The van der Waals surface area contributed by atoms with E-state index in [2.05, 4.69) is 53.8 Å². The van der Waals surface area contributed by atoms with Gasteiger partial charge in [-0.3, -0.25) is 5.32 Å². The van der Waals surface area contributed by atoms with Crippen LogP contribution in [-0.4, -0.2) is 52.2 Å². The van der Waals surface area contributed by atoms with Crippen LogP contribution in [0.2, 0.25) is 0 Å². The molecule has 1 fully saturated rings. The molecule has 1 aromatic carbocycles. The number of carbonyl (C=O) groups excluding carboxylic acids is 1. The molecular formula is C23H28IN7O2S. The van der Waals surface area contributed by atoms with E-state index >= 15 is 0 Å². The van der Waals surface area contributed by atoms with Gasteiger partial charge in [-0.15, -0.1) is 11.3 Å². The number of amides is 2. The van der Waals surface area contributed by atoms with Gasteiger partial charge in [-0.25, -0.2) is 9.78 Å². The molecule has 1 saturated heterocycles. The fraction of sp³-hybridized carbons (Fsp3) is 0.348. The lowest BCUT2D eigenvalue weighted by atomic mass is 10.3. The fourth-order valence-electron chi connectivity index (χ4n) is 3.56. The molecule has 4 rings (SSSR count). The van der Waals surface area contributed by atoms with E-state index < -0.39 is 6.23 Å². The molecular weight excluding hydrogens is 565 g/mol. The second kappa shape index (κ2) is 12.3. The molecule has 9 nitrogen and oxygen atoms in total. The number of hydrogen-bond donors (Lipinski definition) is 5. The molecule has 1 unspecified atom stereocenters. The number of halogens is 1. The lowest BCUT2D eigenvalue weighted by Gasteiger charge is -2.16. The molecule has 34 heavy (non-hydrogen) atoms. The zero-order valence-corrected chi connectivity index (χ0v) is 21.6. The van der Waals surface area contributed by atoms with Gasteiger partial charge in [0.2, 0.25) is 5.95 Å². The highest BCUT2D eigenvalue weighted by atomic mass is 127. The number of nitrogens with zero attached hydrogens (tertiary/aromatic N) is 3. The average molecular weight is 593 g/mol. The van der Waals surface area contributed by atoms with Crippen LogP contribution in [-0.2, 0) is 0 Å². The first-order valence-corrected chi connectivity index (χ1v) is 13.2. The molecule has 0 saturated carbocycles. The van der Waals surface area contributed by atoms with E-state index in [9.17, 15) is 9.90 Å². The second-order valence-electron chi connectivity index (χ2n) is 7.87. The van der Waals surface area contributed by atoms with Crippen LogP contribution in [0.1, 0.15) is 30.4 Å². The van der Waals surface area contributed by atoms with Gasteiger partial charge >= 0.3 is 6.03 Å². The van der Waals surface area contributed by atoms with Crippen LogP contribution in [0.5, 0.6) is 0 Å². The molecule has 11 heteroatoms. The van der Waals surface area contributed by atoms with Crippen LogP contribution >= 0.6 is 33.9 Å². The topological polar surface area (TPSA) is 114 Å². The number of likely N-dealkylation sites (tertiary alicyclic amines) is 1. The van der Waals surface area contributed by atoms with Crippen LogP contribution in [0.25, 0.3) is 0 Å². The summed E-state index contributed by atoms with van der Waals surface area (Å²) in [6, 6.07) is 11.3. The van der Waals surface area contributed by atoms with Crippen LogP contribution in [0.15, 0.2) is 48.0 Å². The number of urea groups is 1. The minimum absolute atomic E-state index is 0.0657. The molecule has 3 heterocycles. The molecule has 0 bridgehead atoms. The number of nitrogens with one attached hydrogen (secondary N) is 4. The molecule has 1 aliphatic heterocycles. The van der Waals surface area contributed by atoms with Crippen molar-refractivity contribution in [1.29, 1.82) is 0 Å². The maximum Gasteiger partial charge on any atom is 0.321 e. The Morgan fingerprint density at radius 1 is 1.18 bits per heavy atom. The number of thiophene rings is 1. The van der Waals surface area contributed by atoms with Gasteiger partial charge in [0.25, 0.3) is 0 Å². The van der Waals surface area contributed by atoms with Gasteiger partial charge in [0.1, 0.15) is 12.0 Å². The van der Waals surface area contributed by atoms with Gasteiger partial charge in [-0.1, -0.05) is 12.1 Å². The lowest BCUT2D eigenvalue weighted by Crippen LogP contribution is -2.32. The minimum Gasteiger partial charge on any atom is -0.373 e. The number of aromatic nitrogens is 2. The van der Waals surface area contributed by atoms with E-state index in [1.807, 2.05) is 46.7 Å². The first kappa shape index (κ1) is 24.6. The molecule has 2 amide bonds. The van der Waals surface area contributed by atoms with E-state index in [0.717, 1.165) is 58.0 Å². The molecule has 3 aromatic rings. The predicted molar refractivity (Wildman–Crippen MR) is 145 cm³/mol. The Bertz CT molecular complexity index is 1080. The van der Waals surface area contributed by atoms with Crippen molar-refractivity contribution in [2.45, 2.75) is 25.5 Å². The van der Waals surface area contributed by atoms with Gasteiger partial charge in [0, 0.05) is 42.1 Å². The number of hydrogen-bond acceptors (Lipinski definition) is 8. The van der Waals surface area contributed by atoms with Gasteiger partial charge in [-0.2, -0.15) is 4.98 Å². The third-order valence-electron chi connectivity index (χ3n) is 5.30. The Hall–Kier alpha value is -2.48. The van der Waals surface area contributed by atoms with Crippen molar-refractivity contribution in [3.63, 3.8) is 0 Å². The van der Waals surface area contributed by atoms with Crippen molar-refractivity contribution < 1.29 is 9.90 Å². The van der Waals surface area contributed by atoms with E-state index in [1.165, 1.54) is 11.3 Å². The maximum absolute atomic E-state index is 12.4. The highest BCUT2D eigenvalue weighted by molar-refractivity contribution is 14.1. The van der Waals surface area contributed by atoms with Crippen LogP contribution in [0.3, 0.4) is 0 Å². The summed E-state index contributed by atoms with van der Waals surface area (Å²) in [4.78, 5) is 24.1. The summed E-state index contributed by atoms with van der Waals surface area (Å²) in [5.74, 6) is 1.22. The van der Waals surface area contributed by atoms with Gasteiger partial charge < -0.3 is 26.0 Å². The first-order chi connectivity index (χ1) is 16.6.